The van der Waals surface area contributed by atoms with E-state index in [-0.39, 0.29) is 5.75 Å². The van der Waals surface area contributed by atoms with E-state index >= 15 is 0 Å². The Morgan fingerprint density at radius 3 is 2.00 bits per heavy atom. The quantitative estimate of drug-likeness (QED) is 0.699. The molecule has 0 unspecified atom stereocenters. The van der Waals surface area contributed by atoms with Crippen LogP contribution in [0.15, 0.2) is 0 Å². The van der Waals surface area contributed by atoms with Gasteiger partial charge >= 0.3 is 6.18 Å². The van der Waals surface area contributed by atoms with Gasteiger partial charge in [0.1, 0.15) is 0 Å². The Labute approximate surface area is 69.7 Å². The molecule has 0 aliphatic rings. The predicted octanol–water partition coefficient (Wildman–Crippen LogP) is 1.76. The topological polar surface area (TPSA) is 34.1 Å². The maximum atomic E-state index is 11.6. The van der Waals surface area contributed by atoms with Crippen LogP contribution in [0.1, 0.15) is 19.8 Å². The van der Waals surface area contributed by atoms with Crippen LogP contribution in [0.2, 0.25) is 0 Å². The van der Waals surface area contributed by atoms with Crippen LogP contribution in [0, 0.1) is 0 Å². The van der Waals surface area contributed by atoms with E-state index in [2.05, 4.69) is 0 Å². The first-order valence-electron chi connectivity index (χ1n) is 3.54. The predicted molar refractivity (Wildman–Crippen MR) is 39.6 cm³/mol. The van der Waals surface area contributed by atoms with Gasteiger partial charge in [0.05, 0.1) is 12.2 Å². The molecule has 0 saturated carbocycles. The van der Waals surface area contributed by atoms with Crippen molar-refractivity contribution in [1.82, 2.24) is 0 Å². The second-order valence-electron chi connectivity index (χ2n) is 2.52. The first kappa shape index (κ1) is 11.7. The molecule has 12 heavy (non-hydrogen) atoms. The fourth-order valence-corrected chi connectivity index (χ4v) is 2.05. The Kier molecular flexibility index (Phi) is 4.02. The number of halogens is 3. The third kappa shape index (κ3) is 6.45. The smallest absolute Gasteiger partial charge is 0.229 e. The van der Waals surface area contributed by atoms with Crippen molar-refractivity contribution < 1.29 is 21.6 Å². The molecule has 0 aliphatic carbocycles. The molecule has 2 nitrogen and oxygen atoms in total. The molecule has 0 radical (unpaired) electrons. The van der Waals surface area contributed by atoms with E-state index in [1.807, 2.05) is 0 Å². The van der Waals surface area contributed by atoms with E-state index in [9.17, 15) is 21.6 Å². The van der Waals surface area contributed by atoms with Crippen LogP contribution in [0.5, 0.6) is 0 Å². The summed E-state index contributed by atoms with van der Waals surface area (Å²) >= 11 is 0. The lowest BCUT2D eigenvalue weighted by Crippen LogP contribution is -2.18. The second-order valence-corrected chi connectivity index (χ2v) is 4.82. The summed E-state index contributed by atoms with van der Waals surface area (Å²) in [6.45, 7) is 1.62. The third-order valence-corrected chi connectivity index (χ3v) is 3.07. The average Bonchev–Trinajstić information content (AvgIpc) is 1.83. The maximum absolute atomic E-state index is 11.6. The highest BCUT2D eigenvalue weighted by molar-refractivity contribution is 7.91. The SMILES string of the molecule is CCCS(=O)(=O)CCC(F)(F)F. The van der Waals surface area contributed by atoms with Crippen LogP contribution in [0.3, 0.4) is 0 Å². The zero-order valence-corrected chi connectivity index (χ0v) is 7.50. The van der Waals surface area contributed by atoms with Crippen molar-refractivity contribution in [3.63, 3.8) is 0 Å². The molecule has 0 bridgehead atoms. The van der Waals surface area contributed by atoms with Gasteiger partial charge in [0.15, 0.2) is 9.84 Å². The van der Waals surface area contributed by atoms with Crippen molar-refractivity contribution in [2.75, 3.05) is 11.5 Å². The molecule has 0 aromatic rings. The summed E-state index contributed by atoms with van der Waals surface area (Å²) in [7, 11) is -3.48. The molecule has 0 aromatic heterocycles. The van der Waals surface area contributed by atoms with E-state index in [4.69, 9.17) is 0 Å². The van der Waals surface area contributed by atoms with E-state index in [1.54, 1.807) is 6.92 Å². The molecule has 0 saturated heterocycles. The molecule has 0 aromatic carbocycles. The molecule has 74 valence electrons. The molecule has 0 aliphatic heterocycles. The van der Waals surface area contributed by atoms with Crippen molar-refractivity contribution >= 4 is 9.84 Å². The van der Waals surface area contributed by atoms with Crippen LogP contribution in [0.25, 0.3) is 0 Å². The normalized spacial score (nSPS) is 13.3. The van der Waals surface area contributed by atoms with Gasteiger partial charge in [-0.25, -0.2) is 8.42 Å². The molecule has 0 N–H and O–H groups in total. The maximum Gasteiger partial charge on any atom is 0.390 e. The van der Waals surface area contributed by atoms with E-state index < -0.39 is 28.2 Å². The molecule has 0 spiro atoms. The largest absolute Gasteiger partial charge is 0.390 e. The standard InChI is InChI=1S/C6H11F3O2S/c1-2-4-12(10,11)5-3-6(7,8)9/h2-5H2,1H3. The highest BCUT2D eigenvalue weighted by atomic mass is 32.2. The molecule has 0 amide bonds. The Bertz CT molecular complexity index is 217. The van der Waals surface area contributed by atoms with Gasteiger partial charge in [-0.2, -0.15) is 13.2 Å². The van der Waals surface area contributed by atoms with Crippen LogP contribution < -0.4 is 0 Å². The van der Waals surface area contributed by atoms with Gasteiger partial charge in [0.2, 0.25) is 0 Å². The molecule has 0 atom stereocenters. The lowest BCUT2D eigenvalue weighted by Gasteiger charge is -2.05. The number of hydrogen-bond acceptors (Lipinski definition) is 2. The Hall–Kier alpha value is -0.260. The summed E-state index contributed by atoms with van der Waals surface area (Å²) in [5.74, 6) is -0.951. The minimum absolute atomic E-state index is 0.164. The monoisotopic (exact) mass is 204 g/mol. The summed E-state index contributed by atoms with van der Waals surface area (Å²) in [6.07, 6.45) is -5.25. The molecule has 0 heterocycles. The molecule has 0 fully saturated rings. The van der Waals surface area contributed by atoms with Gasteiger partial charge in [0, 0.05) is 5.75 Å². The number of rotatable bonds is 4. The van der Waals surface area contributed by atoms with Gasteiger partial charge in [-0.1, -0.05) is 6.92 Å². The summed E-state index contributed by atoms with van der Waals surface area (Å²) in [6, 6.07) is 0. The summed E-state index contributed by atoms with van der Waals surface area (Å²) in [4.78, 5) is 0. The van der Waals surface area contributed by atoms with E-state index in [0.29, 0.717) is 6.42 Å². The Balaban J connectivity index is 3.94. The van der Waals surface area contributed by atoms with Crippen molar-refractivity contribution in [1.29, 1.82) is 0 Å². The van der Waals surface area contributed by atoms with Crippen molar-refractivity contribution in [3.8, 4) is 0 Å². The van der Waals surface area contributed by atoms with Crippen LogP contribution >= 0.6 is 0 Å². The van der Waals surface area contributed by atoms with Crippen molar-refractivity contribution in [2.24, 2.45) is 0 Å². The lowest BCUT2D eigenvalue weighted by molar-refractivity contribution is -0.129. The highest BCUT2D eigenvalue weighted by Gasteiger charge is 2.29. The zero-order chi connectivity index (χ0) is 9.83. The Morgan fingerprint density at radius 1 is 1.17 bits per heavy atom. The van der Waals surface area contributed by atoms with Gasteiger partial charge < -0.3 is 0 Å². The fraction of sp³-hybridized carbons (Fsp3) is 1.00. The number of hydrogen-bond donors (Lipinski definition) is 0. The van der Waals surface area contributed by atoms with Crippen LogP contribution in [0.4, 0.5) is 13.2 Å². The second kappa shape index (κ2) is 4.11. The zero-order valence-electron chi connectivity index (χ0n) is 6.69. The minimum Gasteiger partial charge on any atom is -0.229 e. The van der Waals surface area contributed by atoms with Crippen LogP contribution in [-0.2, 0) is 9.84 Å². The minimum atomic E-state index is -4.37. The first-order valence-corrected chi connectivity index (χ1v) is 5.36. The van der Waals surface area contributed by atoms with Crippen molar-refractivity contribution in [3.05, 3.63) is 0 Å². The van der Waals surface area contributed by atoms with E-state index in [1.165, 1.54) is 0 Å². The van der Waals surface area contributed by atoms with Gasteiger partial charge in [-0.3, -0.25) is 0 Å². The lowest BCUT2D eigenvalue weighted by atomic mass is 10.5. The van der Waals surface area contributed by atoms with E-state index in [0.717, 1.165) is 0 Å². The molecular formula is C6H11F3O2S. The molecule has 0 rings (SSSR count). The third-order valence-electron chi connectivity index (χ3n) is 1.21. The number of sulfone groups is 1. The summed E-state index contributed by atoms with van der Waals surface area (Å²) in [5, 5.41) is 0. The average molecular weight is 204 g/mol. The number of alkyl halides is 3. The first-order chi connectivity index (χ1) is 5.27. The fourth-order valence-electron chi connectivity index (χ4n) is 0.684. The Morgan fingerprint density at radius 2 is 1.67 bits per heavy atom. The van der Waals surface area contributed by atoms with Gasteiger partial charge in [-0.15, -0.1) is 0 Å². The van der Waals surface area contributed by atoms with Gasteiger partial charge in [-0.05, 0) is 6.42 Å². The molecular weight excluding hydrogens is 193 g/mol. The highest BCUT2D eigenvalue weighted by Crippen LogP contribution is 2.20. The van der Waals surface area contributed by atoms with Crippen LogP contribution in [-0.4, -0.2) is 26.1 Å². The summed E-state index contributed by atoms with van der Waals surface area (Å²) in [5.41, 5.74) is 0. The van der Waals surface area contributed by atoms with Crippen molar-refractivity contribution in [2.45, 2.75) is 25.9 Å². The van der Waals surface area contributed by atoms with Gasteiger partial charge in [0.25, 0.3) is 0 Å². The summed E-state index contributed by atoms with van der Waals surface area (Å²) < 4.78 is 56.2. The molecule has 6 heteroatoms.